The minimum Gasteiger partial charge on any atom is -0.490 e. The second-order valence-corrected chi connectivity index (χ2v) is 13.8. The normalized spacial score (nSPS) is 15.5. The highest BCUT2D eigenvalue weighted by molar-refractivity contribution is 5.91. The smallest absolute Gasteiger partial charge is 0.337 e. The van der Waals surface area contributed by atoms with Crippen molar-refractivity contribution in [1.82, 2.24) is 9.88 Å². The van der Waals surface area contributed by atoms with E-state index in [1.54, 1.807) is 13.0 Å². The molecular weight excluding hydrogens is 598 g/mol. The number of rotatable bonds is 7. The van der Waals surface area contributed by atoms with Crippen molar-refractivity contribution < 1.29 is 28.2 Å². The third-order valence-electron chi connectivity index (χ3n) is 9.13. The first-order chi connectivity index (χ1) is 22.3. The molecule has 0 radical (unpaired) electrons. The van der Waals surface area contributed by atoms with Gasteiger partial charge in [-0.2, -0.15) is 0 Å². The molecule has 0 saturated carbocycles. The van der Waals surface area contributed by atoms with E-state index in [2.05, 4.69) is 17.0 Å². The molecule has 1 aromatic heterocycles. The Morgan fingerprint density at radius 3 is 2.45 bits per heavy atom. The van der Waals surface area contributed by atoms with Gasteiger partial charge in [0.05, 0.1) is 12.2 Å². The molecule has 0 unspecified atom stereocenters. The molecule has 1 N–H and O–H groups in total. The van der Waals surface area contributed by atoms with Crippen LogP contribution in [0.3, 0.4) is 0 Å². The number of carboxylic acids is 1. The van der Waals surface area contributed by atoms with Gasteiger partial charge in [0.15, 0.2) is 17.7 Å². The highest BCUT2D eigenvalue weighted by Gasteiger charge is 2.34. The number of benzene rings is 3. The number of halogens is 2. The maximum Gasteiger partial charge on any atom is 0.337 e. The van der Waals surface area contributed by atoms with Crippen molar-refractivity contribution in [2.75, 3.05) is 13.2 Å². The number of fused-ring (bicyclic) bond motifs is 2. The summed E-state index contributed by atoms with van der Waals surface area (Å²) < 4.78 is 42.2. The molecule has 47 heavy (non-hydrogen) atoms. The second kappa shape index (κ2) is 12.8. The molecular formula is C39H42F2N2O4. The quantitative estimate of drug-likeness (QED) is 0.219. The average Bonchev–Trinajstić information content (AvgIpc) is 3.01. The van der Waals surface area contributed by atoms with Gasteiger partial charge in [-0.1, -0.05) is 30.3 Å². The molecule has 6 rings (SSSR count). The van der Waals surface area contributed by atoms with Crippen LogP contribution >= 0.6 is 0 Å². The van der Waals surface area contributed by atoms with Crippen molar-refractivity contribution in [3.05, 3.63) is 105 Å². The van der Waals surface area contributed by atoms with Crippen LogP contribution in [-0.4, -0.2) is 39.7 Å². The number of carboxylic acid groups (broad SMARTS) is 1. The van der Waals surface area contributed by atoms with Crippen molar-refractivity contribution in [3.8, 4) is 28.0 Å². The van der Waals surface area contributed by atoms with Gasteiger partial charge in [0.1, 0.15) is 5.82 Å². The van der Waals surface area contributed by atoms with Gasteiger partial charge >= 0.3 is 5.97 Å². The first-order valence-corrected chi connectivity index (χ1v) is 16.3. The molecule has 0 amide bonds. The van der Waals surface area contributed by atoms with Crippen LogP contribution in [0.4, 0.5) is 8.78 Å². The number of aryl methyl sites for hydroxylation is 4. The summed E-state index contributed by atoms with van der Waals surface area (Å²) >= 11 is 0. The number of hydrogen-bond donors (Lipinski definition) is 1. The number of carbonyl (C=O) groups is 1. The molecule has 0 saturated heterocycles. The predicted octanol–water partition coefficient (Wildman–Crippen LogP) is 8.44. The van der Waals surface area contributed by atoms with E-state index in [-0.39, 0.29) is 11.6 Å². The zero-order valence-electron chi connectivity index (χ0n) is 28.0. The molecule has 0 fully saturated rings. The van der Waals surface area contributed by atoms with Crippen LogP contribution in [0.25, 0.3) is 22.3 Å². The molecule has 1 atom stereocenters. The summed E-state index contributed by atoms with van der Waals surface area (Å²) in [4.78, 5) is 20.0. The van der Waals surface area contributed by atoms with Gasteiger partial charge in [0, 0.05) is 47.7 Å². The number of pyridine rings is 1. The summed E-state index contributed by atoms with van der Waals surface area (Å²) in [5.41, 5.74) is 8.41. The Morgan fingerprint density at radius 2 is 1.72 bits per heavy atom. The maximum atomic E-state index is 15.7. The number of nitrogens with zero attached hydrogens (tertiary/aromatic N) is 2. The van der Waals surface area contributed by atoms with E-state index in [4.69, 9.17) is 14.5 Å². The summed E-state index contributed by atoms with van der Waals surface area (Å²) in [5, 5.41) is 10.5. The van der Waals surface area contributed by atoms with Gasteiger partial charge in [0.2, 0.25) is 0 Å². The first kappa shape index (κ1) is 32.8. The second-order valence-electron chi connectivity index (χ2n) is 13.8. The molecule has 2 aliphatic heterocycles. The van der Waals surface area contributed by atoms with E-state index >= 15 is 4.39 Å². The highest BCUT2D eigenvalue weighted by Crippen LogP contribution is 2.45. The van der Waals surface area contributed by atoms with Crippen LogP contribution < -0.4 is 4.74 Å². The van der Waals surface area contributed by atoms with Crippen molar-refractivity contribution in [3.63, 3.8) is 0 Å². The SMILES string of the molecule is Cc1cccc(F)c1CN1CCc2cc(-c3c(C)nc(C)c([C@H](OC(C)(C)C)C(=O)O)c3-c3cc(F)c4c(c3)CCCO4)ccc2C1. The lowest BCUT2D eigenvalue weighted by Gasteiger charge is -2.31. The van der Waals surface area contributed by atoms with Crippen LogP contribution in [0.15, 0.2) is 48.5 Å². The fraction of sp³-hybridized carbons (Fsp3) is 0.385. The van der Waals surface area contributed by atoms with E-state index in [9.17, 15) is 14.3 Å². The van der Waals surface area contributed by atoms with Gasteiger partial charge in [-0.05, 0) is 118 Å². The van der Waals surface area contributed by atoms with Gasteiger partial charge in [-0.25, -0.2) is 13.6 Å². The molecule has 8 heteroatoms. The Balaban J connectivity index is 1.49. The number of hydrogen-bond acceptors (Lipinski definition) is 5. The molecule has 0 spiro atoms. The third-order valence-corrected chi connectivity index (χ3v) is 9.13. The van der Waals surface area contributed by atoms with E-state index in [1.807, 2.05) is 52.8 Å². The Morgan fingerprint density at radius 1 is 0.957 bits per heavy atom. The maximum absolute atomic E-state index is 15.7. The van der Waals surface area contributed by atoms with Crippen molar-refractivity contribution >= 4 is 5.97 Å². The number of aromatic nitrogens is 1. The molecule has 6 nitrogen and oxygen atoms in total. The lowest BCUT2D eigenvalue weighted by atomic mass is 9.84. The van der Waals surface area contributed by atoms with E-state index in [0.717, 1.165) is 52.8 Å². The topological polar surface area (TPSA) is 71.9 Å². The zero-order valence-corrected chi connectivity index (χ0v) is 28.0. The number of aliphatic carboxylic acids is 1. The van der Waals surface area contributed by atoms with Crippen LogP contribution in [0.2, 0.25) is 0 Å². The van der Waals surface area contributed by atoms with Crippen LogP contribution in [0.5, 0.6) is 5.75 Å². The van der Waals surface area contributed by atoms with Crippen LogP contribution in [0.1, 0.15) is 78.1 Å². The first-order valence-electron chi connectivity index (χ1n) is 16.3. The minimum atomic E-state index is -1.33. The highest BCUT2D eigenvalue weighted by atomic mass is 19.1. The van der Waals surface area contributed by atoms with E-state index < -0.39 is 23.5 Å². The zero-order chi connectivity index (χ0) is 33.6. The lowest BCUT2D eigenvalue weighted by molar-refractivity contribution is -0.160. The molecule has 0 aliphatic carbocycles. The van der Waals surface area contributed by atoms with Gasteiger partial charge in [-0.3, -0.25) is 9.88 Å². The summed E-state index contributed by atoms with van der Waals surface area (Å²) in [6.45, 7) is 13.5. The van der Waals surface area contributed by atoms with Crippen molar-refractivity contribution in [2.45, 2.75) is 85.6 Å². The standard InChI is InChI=1S/C39H42F2N2O4/c1-22-9-7-11-31(40)30(22)21-43-15-14-25-17-26(12-13-28(25)20-43)33-23(2)42-24(3)34(37(38(44)45)47-39(4,5)6)35(33)29-18-27-10-8-16-46-36(27)32(41)19-29/h7,9,11-13,17-19,37H,8,10,14-16,20-21H2,1-6H3,(H,44,45)/t37-/m0/s1. The Hall–Kier alpha value is -4.14. The fourth-order valence-corrected chi connectivity index (χ4v) is 7.00. The van der Waals surface area contributed by atoms with E-state index in [1.165, 1.54) is 17.7 Å². The van der Waals surface area contributed by atoms with Crippen molar-refractivity contribution in [2.24, 2.45) is 0 Å². The summed E-state index contributed by atoms with van der Waals surface area (Å²) in [5.74, 6) is -1.54. The molecule has 4 aromatic rings. The summed E-state index contributed by atoms with van der Waals surface area (Å²) in [7, 11) is 0. The molecule has 246 valence electrons. The van der Waals surface area contributed by atoms with Gasteiger partial charge < -0.3 is 14.6 Å². The Labute approximate surface area is 275 Å². The molecule has 2 aliphatic rings. The van der Waals surface area contributed by atoms with Crippen molar-refractivity contribution in [1.29, 1.82) is 0 Å². The largest absolute Gasteiger partial charge is 0.490 e. The summed E-state index contributed by atoms with van der Waals surface area (Å²) in [6.07, 6.45) is 0.872. The van der Waals surface area contributed by atoms with E-state index in [0.29, 0.717) is 54.2 Å². The third kappa shape index (κ3) is 6.67. The summed E-state index contributed by atoms with van der Waals surface area (Å²) in [6, 6.07) is 14.8. The van der Waals surface area contributed by atoms with Gasteiger partial charge in [-0.15, -0.1) is 0 Å². The lowest BCUT2D eigenvalue weighted by Crippen LogP contribution is -2.30. The Bertz CT molecular complexity index is 1840. The number of ether oxygens (including phenoxy) is 2. The fourth-order valence-electron chi connectivity index (χ4n) is 7.00. The molecule has 3 aromatic carbocycles. The van der Waals surface area contributed by atoms with Gasteiger partial charge in [0.25, 0.3) is 0 Å². The minimum absolute atomic E-state index is 0.183. The predicted molar refractivity (Wildman–Crippen MR) is 179 cm³/mol. The van der Waals surface area contributed by atoms with Crippen LogP contribution in [-0.2, 0) is 35.5 Å². The average molecular weight is 641 g/mol. The van der Waals surface area contributed by atoms with Crippen LogP contribution in [0, 0.1) is 32.4 Å². The molecule has 0 bridgehead atoms. The monoisotopic (exact) mass is 640 g/mol. The molecule has 3 heterocycles. The Kier molecular flexibility index (Phi) is 8.94.